The molecule has 1 fully saturated rings. The number of nitrogens with zero attached hydrogens (tertiary/aromatic N) is 1. The summed E-state index contributed by atoms with van der Waals surface area (Å²) >= 11 is 0. The predicted molar refractivity (Wildman–Crippen MR) is 143 cm³/mol. The normalized spacial score (nSPS) is 16.4. The highest BCUT2D eigenvalue weighted by atomic mass is 19.1. The molecule has 3 amide bonds. The zero-order valence-corrected chi connectivity index (χ0v) is 21.5. The third-order valence-corrected chi connectivity index (χ3v) is 6.49. The number of methoxy groups -OCH3 is 1. The topological polar surface area (TPSA) is 110 Å². The van der Waals surface area contributed by atoms with Gasteiger partial charge in [0.2, 0.25) is 5.91 Å². The van der Waals surface area contributed by atoms with E-state index in [2.05, 4.69) is 10.6 Å². The van der Waals surface area contributed by atoms with Gasteiger partial charge in [0.15, 0.2) is 12.1 Å². The van der Waals surface area contributed by atoms with Crippen LogP contribution >= 0.6 is 0 Å². The summed E-state index contributed by atoms with van der Waals surface area (Å²) in [5, 5.41) is 5.62. The van der Waals surface area contributed by atoms with Crippen molar-refractivity contribution >= 4 is 23.6 Å². The van der Waals surface area contributed by atoms with Crippen LogP contribution in [0.4, 0.5) is 14.9 Å². The van der Waals surface area contributed by atoms with E-state index in [1.165, 1.54) is 30.4 Å². The molecule has 2 atom stereocenters. The van der Waals surface area contributed by atoms with E-state index in [-0.39, 0.29) is 19.0 Å². The van der Waals surface area contributed by atoms with Gasteiger partial charge >= 0.3 is 6.09 Å². The number of rotatable bonds is 9. The number of anilines is 1. The van der Waals surface area contributed by atoms with Crippen molar-refractivity contribution in [2.75, 3.05) is 12.4 Å². The number of para-hydroxylation sites is 1. The maximum Gasteiger partial charge on any atom is 0.411 e. The van der Waals surface area contributed by atoms with E-state index in [0.717, 1.165) is 0 Å². The van der Waals surface area contributed by atoms with Crippen LogP contribution in [-0.4, -0.2) is 36.0 Å². The molecule has 40 heavy (non-hydrogen) atoms. The molecule has 1 aliphatic heterocycles. The summed E-state index contributed by atoms with van der Waals surface area (Å²) in [7, 11) is 1.49. The quantitative estimate of drug-likeness (QED) is 0.306. The van der Waals surface area contributed by atoms with E-state index in [9.17, 15) is 18.8 Å². The number of amides is 3. The SMILES string of the molecule is COc1ccccc1C(=O)Nc1ccc([C@@H]2OC(=O)N(Cc3ccc(F)cc3)[C@H]2C(=O)NCc2ccco2)cc1. The van der Waals surface area contributed by atoms with Crippen LogP contribution in [-0.2, 0) is 22.6 Å². The van der Waals surface area contributed by atoms with Gasteiger partial charge in [-0.05, 0) is 59.7 Å². The molecule has 0 saturated carbocycles. The lowest BCUT2D eigenvalue weighted by Gasteiger charge is -2.24. The molecule has 4 aromatic rings. The monoisotopic (exact) mass is 543 g/mol. The lowest BCUT2D eigenvalue weighted by molar-refractivity contribution is -0.126. The highest BCUT2D eigenvalue weighted by Gasteiger charge is 2.47. The predicted octanol–water partition coefficient (Wildman–Crippen LogP) is 5.06. The molecule has 9 nitrogen and oxygen atoms in total. The Bertz CT molecular complexity index is 1490. The van der Waals surface area contributed by atoms with Gasteiger partial charge in [0.25, 0.3) is 5.91 Å². The first-order chi connectivity index (χ1) is 19.4. The number of furan rings is 1. The third-order valence-electron chi connectivity index (χ3n) is 6.49. The lowest BCUT2D eigenvalue weighted by atomic mass is 10.00. The zero-order valence-electron chi connectivity index (χ0n) is 21.5. The van der Waals surface area contributed by atoms with Gasteiger partial charge in [-0.3, -0.25) is 14.5 Å². The van der Waals surface area contributed by atoms with Crippen molar-refractivity contribution in [1.29, 1.82) is 0 Å². The summed E-state index contributed by atoms with van der Waals surface area (Å²) in [6.45, 7) is 0.170. The molecule has 10 heteroatoms. The molecule has 1 saturated heterocycles. The molecule has 2 heterocycles. The number of nitrogens with one attached hydrogen (secondary N) is 2. The molecule has 204 valence electrons. The van der Waals surface area contributed by atoms with Crippen LogP contribution in [0.2, 0.25) is 0 Å². The molecule has 1 aromatic heterocycles. The van der Waals surface area contributed by atoms with Crippen molar-refractivity contribution in [2.45, 2.75) is 25.2 Å². The molecule has 1 aliphatic rings. The van der Waals surface area contributed by atoms with Crippen molar-refractivity contribution in [3.8, 4) is 5.75 Å². The van der Waals surface area contributed by atoms with Crippen LogP contribution in [0.3, 0.4) is 0 Å². The fourth-order valence-corrected chi connectivity index (χ4v) is 4.48. The lowest BCUT2D eigenvalue weighted by Crippen LogP contribution is -2.46. The van der Waals surface area contributed by atoms with Gasteiger partial charge in [0, 0.05) is 5.69 Å². The Morgan fingerprint density at radius 1 is 0.975 bits per heavy atom. The van der Waals surface area contributed by atoms with Gasteiger partial charge in [-0.1, -0.05) is 36.4 Å². The summed E-state index contributed by atoms with van der Waals surface area (Å²) in [5.41, 5.74) is 2.08. The van der Waals surface area contributed by atoms with Gasteiger partial charge < -0.3 is 24.5 Å². The van der Waals surface area contributed by atoms with Crippen LogP contribution in [0.15, 0.2) is 95.6 Å². The molecular weight excluding hydrogens is 517 g/mol. The molecule has 3 aromatic carbocycles. The number of ether oxygens (including phenoxy) is 2. The summed E-state index contributed by atoms with van der Waals surface area (Å²) in [5.74, 6) is -0.202. The summed E-state index contributed by atoms with van der Waals surface area (Å²) in [6, 6.07) is 21.7. The van der Waals surface area contributed by atoms with Crippen molar-refractivity contribution in [3.63, 3.8) is 0 Å². The fraction of sp³-hybridized carbons (Fsp3) is 0.167. The summed E-state index contributed by atoms with van der Waals surface area (Å²) < 4.78 is 29.7. The minimum absolute atomic E-state index is 0.0432. The molecular formula is C30H26FN3O6. The second-order valence-corrected chi connectivity index (χ2v) is 9.08. The highest BCUT2D eigenvalue weighted by Crippen LogP contribution is 2.35. The molecule has 2 N–H and O–H groups in total. The number of halogens is 1. The van der Waals surface area contributed by atoms with Crippen molar-refractivity contribution in [2.24, 2.45) is 0 Å². The number of cyclic esters (lactones) is 1. The average molecular weight is 544 g/mol. The second kappa shape index (κ2) is 11.7. The van der Waals surface area contributed by atoms with Crippen LogP contribution < -0.4 is 15.4 Å². The van der Waals surface area contributed by atoms with Crippen LogP contribution in [0, 0.1) is 5.82 Å². The standard InChI is InChI=1S/C30H26FN3O6/c1-38-25-7-3-2-6-24(25)28(35)33-22-14-10-20(11-15-22)27-26(29(36)32-17-23-5-4-16-39-23)34(30(37)40-27)18-19-8-12-21(31)13-9-19/h2-16,26-27H,17-18H2,1H3,(H,32,36)(H,33,35)/t26-,27+/m1/s1. The Kier molecular flexibility index (Phi) is 7.77. The fourth-order valence-electron chi connectivity index (χ4n) is 4.48. The maximum atomic E-state index is 13.4. The largest absolute Gasteiger partial charge is 0.496 e. The Hall–Kier alpha value is -5.12. The van der Waals surface area contributed by atoms with Crippen molar-refractivity contribution in [3.05, 3.63) is 119 Å². The van der Waals surface area contributed by atoms with Gasteiger partial charge in [0.05, 0.1) is 32.0 Å². The Labute approximate surface area is 229 Å². The number of hydrogen-bond acceptors (Lipinski definition) is 6. The maximum absolute atomic E-state index is 13.4. The van der Waals surface area contributed by atoms with Crippen molar-refractivity contribution in [1.82, 2.24) is 10.2 Å². The van der Waals surface area contributed by atoms with E-state index < -0.39 is 30.0 Å². The van der Waals surface area contributed by atoms with Gasteiger partial charge in [-0.25, -0.2) is 9.18 Å². The molecule has 0 spiro atoms. The minimum atomic E-state index is -1.01. The summed E-state index contributed by atoms with van der Waals surface area (Å²) in [4.78, 5) is 40.5. The number of carbonyl (C=O) groups excluding carboxylic acids is 3. The first kappa shape index (κ1) is 26.5. The van der Waals surface area contributed by atoms with Gasteiger partial charge in [-0.2, -0.15) is 0 Å². The number of carbonyl (C=O) groups is 3. The minimum Gasteiger partial charge on any atom is -0.496 e. The van der Waals surface area contributed by atoms with Crippen LogP contribution in [0.25, 0.3) is 0 Å². The zero-order chi connectivity index (χ0) is 28.1. The first-order valence-corrected chi connectivity index (χ1v) is 12.5. The smallest absolute Gasteiger partial charge is 0.411 e. The van der Waals surface area contributed by atoms with E-state index in [1.807, 2.05) is 0 Å². The van der Waals surface area contributed by atoms with Gasteiger partial charge in [-0.15, -0.1) is 0 Å². The van der Waals surface area contributed by atoms with Crippen LogP contribution in [0.1, 0.15) is 33.3 Å². The van der Waals surface area contributed by atoms with E-state index >= 15 is 0 Å². The first-order valence-electron chi connectivity index (χ1n) is 12.5. The number of hydrogen-bond donors (Lipinski definition) is 2. The molecule has 0 radical (unpaired) electrons. The van der Waals surface area contributed by atoms with E-state index in [4.69, 9.17) is 13.9 Å². The van der Waals surface area contributed by atoms with E-state index in [0.29, 0.717) is 33.9 Å². The summed E-state index contributed by atoms with van der Waals surface area (Å²) in [6.07, 6.45) is -0.105. The molecule has 0 unspecified atom stereocenters. The van der Waals surface area contributed by atoms with E-state index in [1.54, 1.807) is 72.8 Å². The Morgan fingerprint density at radius 3 is 2.42 bits per heavy atom. The molecule has 0 bridgehead atoms. The Balaban J connectivity index is 1.36. The number of benzene rings is 3. The average Bonchev–Trinajstić information content (AvgIpc) is 3.61. The second-order valence-electron chi connectivity index (χ2n) is 9.08. The third kappa shape index (κ3) is 5.80. The highest BCUT2D eigenvalue weighted by molar-refractivity contribution is 6.06. The van der Waals surface area contributed by atoms with Gasteiger partial charge in [0.1, 0.15) is 17.3 Å². The van der Waals surface area contributed by atoms with Crippen molar-refractivity contribution < 1.29 is 32.7 Å². The Morgan fingerprint density at radius 2 is 1.73 bits per heavy atom. The molecule has 5 rings (SSSR count). The molecule has 0 aliphatic carbocycles. The van der Waals surface area contributed by atoms with Crippen LogP contribution in [0.5, 0.6) is 5.75 Å².